The summed E-state index contributed by atoms with van der Waals surface area (Å²) in [5.41, 5.74) is 4.40. The maximum Gasteiger partial charge on any atom is 0.266 e. The largest absolute Gasteiger partial charge is 0.378 e. The predicted octanol–water partition coefficient (Wildman–Crippen LogP) is 3.62. The highest BCUT2D eigenvalue weighted by Crippen LogP contribution is 2.32. The molecule has 5 nitrogen and oxygen atoms in total. The molecule has 2 heterocycles. The standard InChI is InChI=1S/C21H17N3O2/c1-23(2)16-6-3-14(4-7-16)15-5-8-18-19(13-15)21(26)24(20(18)25)17-9-11-22-12-10-17/h3-13H,1-2H3. The van der Waals surface area contributed by atoms with Gasteiger partial charge in [-0.15, -0.1) is 0 Å². The molecule has 0 saturated heterocycles. The van der Waals surface area contributed by atoms with Crippen molar-refractivity contribution >= 4 is 23.2 Å². The number of benzene rings is 2. The van der Waals surface area contributed by atoms with Crippen molar-refractivity contribution in [1.82, 2.24) is 4.98 Å². The molecule has 2 amide bonds. The second kappa shape index (κ2) is 6.11. The SMILES string of the molecule is CN(C)c1ccc(-c2ccc3c(c2)C(=O)N(c2ccncc2)C3=O)cc1. The highest BCUT2D eigenvalue weighted by molar-refractivity contribution is 6.34. The molecule has 0 aliphatic carbocycles. The van der Waals surface area contributed by atoms with Gasteiger partial charge in [-0.1, -0.05) is 18.2 Å². The average molecular weight is 343 g/mol. The Morgan fingerprint density at radius 3 is 2.04 bits per heavy atom. The van der Waals surface area contributed by atoms with Crippen molar-refractivity contribution in [2.75, 3.05) is 23.9 Å². The number of carbonyl (C=O) groups excluding carboxylic acids is 2. The maximum atomic E-state index is 12.8. The fourth-order valence-corrected chi connectivity index (χ4v) is 3.10. The Morgan fingerprint density at radius 2 is 1.38 bits per heavy atom. The van der Waals surface area contributed by atoms with Gasteiger partial charge in [0, 0.05) is 32.2 Å². The summed E-state index contributed by atoms with van der Waals surface area (Å²) in [6, 6.07) is 16.8. The second-order valence-corrected chi connectivity index (χ2v) is 6.35. The predicted molar refractivity (Wildman–Crippen MR) is 102 cm³/mol. The van der Waals surface area contributed by atoms with Gasteiger partial charge in [0.15, 0.2) is 0 Å². The number of anilines is 2. The minimum atomic E-state index is -0.303. The Kier molecular flexibility index (Phi) is 3.77. The van der Waals surface area contributed by atoms with E-state index in [1.807, 2.05) is 49.3 Å². The molecule has 0 bridgehead atoms. The van der Waals surface area contributed by atoms with Crippen molar-refractivity contribution in [3.05, 3.63) is 78.1 Å². The zero-order chi connectivity index (χ0) is 18.3. The first kappa shape index (κ1) is 16.0. The summed E-state index contributed by atoms with van der Waals surface area (Å²) in [4.78, 5) is 32.6. The third-order valence-corrected chi connectivity index (χ3v) is 4.52. The molecule has 4 rings (SSSR count). The first-order valence-electron chi connectivity index (χ1n) is 8.27. The fraction of sp³-hybridized carbons (Fsp3) is 0.0952. The van der Waals surface area contributed by atoms with Crippen LogP contribution in [0.15, 0.2) is 67.0 Å². The highest BCUT2D eigenvalue weighted by Gasteiger charge is 2.36. The molecule has 26 heavy (non-hydrogen) atoms. The van der Waals surface area contributed by atoms with Gasteiger partial charge in [0.05, 0.1) is 16.8 Å². The monoisotopic (exact) mass is 343 g/mol. The van der Waals surface area contributed by atoms with Gasteiger partial charge in [0.25, 0.3) is 11.8 Å². The Hall–Kier alpha value is -3.47. The van der Waals surface area contributed by atoms with Gasteiger partial charge >= 0.3 is 0 Å². The van der Waals surface area contributed by atoms with Crippen LogP contribution in [0.3, 0.4) is 0 Å². The first-order chi connectivity index (χ1) is 12.6. The molecule has 1 aliphatic rings. The van der Waals surface area contributed by atoms with E-state index < -0.39 is 0 Å². The van der Waals surface area contributed by atoms with E-state index in [9.17, 15) is 9.59 Å². The summed E-state index contributed by atoms with van der Waals surface area (Å²) >= 11 is 0. The molecule has 1 aliphatic heterocycles. The van der Waals surface area contributed by atoms with Crippen LogP contribution in [0.5, 0.6) is 0 Å². The smallest absolute Gasteiger partial charge is 0.266 e. The van der Waals surface area contributed by atoms with Crippen LogP contribution in [0.1, 0.15) is 20.7 Å². The van der Waals surface area contributed by atoms with E-state index in [1.54, 1.807) is 36.7 Å². The minimum absolute atomic E-state index is 0.300. The van der Waals surface area contributed by atoms with Gasteiger partial charge in [0.1, 0.15) is 0 Å². The first-order valence-corrected chi connectivity index (χ1v) is 8.27. The number of amides is 2. The van der Waals surface area contributed by atoms with Gasteiger partial charge in [-0.2, -0.15) is 0 Å². The summed E-state index contributed by atoms with van der Waals surface area (Å²) in [5, 5.41) is 0. The number of hydrogen-bond acceptors (Lipinski definition) is 4. The maximum absolute atomic E-state index is 12.8. The minimum Gasteiger partial charge on any atom is -0.378 e. The molecule has 0 fully saturated rings. The van der Waals surface area contributed by atoms with Gasteiger partial charge in [-0.25, -0.2) is 4.90 Å². The molecule has 0 saturated carbocycles. The Morgan fingerprint density at radius 1 is 0.769 bits per heavy atom. The third kappa shape index (κ3) is 2.54. The molecular formula is C21H17N3O2. The van der Waals surface area contributed by atoms with Crippen molar-refractivity contribution in [3.8, 4) is 11.1 Å². The van der Waals surface area contributed by atoms with Crippen LogP contribution in [0.4, 0.5) is 11.4 Å². The third-order valence-electron chi connectivity index (χ3n) is 4.52. The molecule has 0 unspecified atom stereocenters. The Labute approximate surface area is 151 Å². The lowest BCUT2D eigenvalue weighted by Crippen LogP contribution is -2.29. The number of pyridine rings is 1. The summed E-state index contributed by atoms with van der Waals surface area (Å²) in [5.74, 6) is -0.603. The van der Waals surface area contributed by atoms with Crippen LogP contribution in [-0.4, -0.2) is 30.9 Å². The highest BCUT2D eigenvalue weighted by atomic mass is 16.2. The van der Waals surface area contributed by atoms with Crippen LogP contribution in [0.25, 0.3) is 11.1 Å². The second-order valence-electron chi connectivity index (χ2n) is 6.35. The number of fused-ring (bicyclic) bond motifs is 1. The van der Waals surface area contributed by atoms with Crippen LogP contribution >= 0.6 is 0 Å². The van der Waals surface area contributed by atoms with Crippen LogP contribution < -0.4 is 9.80 Å². The Balaban J connectivity index is 1.72. The van der Waals surface area contributed by atoms with Gasteiger partial charge in [0.2, 0.25) is 0 Å². The van der Waals surface area contributed by atoms with Crippen LogP contribution in [0, 0.1) is 0 Å². The summed E-state index contributed by atoms with van der Waals surface area (Å²) < 4.78 is 0. The van der Waals surface area contributed by atoms with E-state index in [1.165, 1.54) is 4.90 Å². The molecule has 1 aromatic heterocycles. The summed E-state index contributed by atoms with van der Waals surface area (Å²) in [7, 11) is 3.98. The lowest BCUT2D eigenvalue weighted by molar-refractivity contribution is 0.0926. The normalized spacial score (nSPS) is 13.1. The molecule has 3 aromatic rings. The number of aromatic nitrogens is 1. The van der Waals surface area contributed by atoms with E-state index in [4.69, 9.17) is 0 Å². The zero-order valence-electron chi connectivity index (χ0n) is 14.5. The van der Waals surface area contributed by atoms with Crippen molar-refractivity contribution < 1.29 is 9.59 Å². The van der Waals surface area contributed by atoms with Gasteiger partial charge < -0.3 is 4.90 Å². The van der Waals surface area contributed by atoms with Crippen LogP contribution in [-0.2, 0) is 0 Å². The fourth-order valence-electron chi connectivity index (χ4n) is 3.10. The lowest BCUT2D eigenvalue weighted by atomic mass is 10.00. The number of carbonyl (C=O) groups is 2. The number of nitrogens with zero attached hydrogens (tertiary/aromatic N) is 3. The topological polar surface area (TPSA) is 53.5 Å². The Bertz CT molecular complexity index is 996. The van der Waals surface area contributed by atoms with E-state index in [-0.39, 0.29) is 11.8 Å². The van der Waals surface area contributed by atoms with Crippen molar-refractivity contribution in [2.45, 2.75) is 0 Å². The zero-order valence-corrected chi connectivity index (χ0v) is 14.5. The van der Waals surface area contributed by atoms with Crippen molar-refractivity contribution in [1.29, 1.82) is 0 Å². The summed E-state index contributed by atoms with van der Waals surface area (Å²) in [6.07, 6.45) is 3.13. The van der Waals surface area contributed by atoms with E-state index in [0.29, 0.717) is 16.8 Å². The number of hydrogen-bond donors (Lipinski definition) is 0. The van der Waals surface area contributed by atoms with E-state index >= 15 is 0 Å². The molecule has 2 aromatic carbocycles. The van der Waals surface area contributed by atoms with E-state index in [0.717, 1.165) is 16.8 Å². The van der Waals surface area contributed by atoms with Gasteiger partial charge in [-0.05, 0) is 47.5 Å². The van der Waals surface area contributed by atoms with Crippen molar-refractivity contribution in [2.24, 2.45) is 0 Å². The quantitative estimate of drug-likeness (QED) is 0.682. The summed E-state index contributed by atoms with van der Waals surface area (Å²) in [6.45, 7) is 0. The molecule has 5 heteroatoms. The molecule has 0 N–H and O–H groups in total. The molecular weight excluding hydrogens is 326 g/mol. The molecule has 0 radical (unpaired) electrons. The number of rotatable bonds is 3. The average Bonchev–Trinajstić information content (AvgIpc) is 2.92. The van der Waals surface area contributed by atoms with Gasteiger partial charge in [-0.3, -0.25) is 14.6 Å². The molecule has 128 valence electrons. The number of imide groups is 1. The van der Waals surface area contributed by atoms with E-state index in [2.05, 4.69) is 4.98 Å². The van der Waals surface area contributed by atoms with Crippen LogP contribution in [0.2, 0.25) is 0 Å². The van der Waals surface area contributed by atoms with Crippen molar-refractivity contribution in [3.63, 3.8) is 0 Å². The molecule has 0 atom stereocenters. The lowest BCUT2D eigenvalue weighted by Gasteiger charge is -2.13. The molecule has 0 spiro atoms.